The molecular formula is C19H26N2O6. The van der Waals surface area contributed by atoms with Crippen molar-refractivity contribution in [1.82, 2.24) is 10.6 Å². The number of methoxy groups -OCH3 is 1. The van der Waals surface area contributed by atoms with Crippen molar-refractivity contribution in [2.75, 3.05) is 13.7 Å². The smallest absolute Gasteiger partial charge is 0.331 e. The SMILES string of the molecule is CCOc1cc(/C=C/C(=O)O[C@H](C)C(=O)NC(=O)NC(C)C)ccc1OC. The molecule has 0 saturated carbocycles. The molecule has 0 aliphatic carbocycles. The Hall–Kier alpha value is -3.03. The highest BCUT2D eigenvalue weighted by Gasteiger charge is 2.19. The summed E-state index contributed by atoms with van der Waals surface area (Å²) in [7, 11) is 1.54. The zero-order valence-electron chi connectivity index (χ0n) is 16.2. The second kappa shape index (κ2) is 10.8. The van der Waals surface area contributed by atoms with E-state index in [4.69, 9.17) is 14.2 Å². The first-order chi connectivity index (χ1) is 12.8. The Labute approximate surface area is 158 Å². The highest BCUT2D eigenvalue weighted by Crippen LogP contribution is 2.28. The molecule has 0 heterocycles. The molecular weight excluding hydrogens is 352 g/mol. The quantitative estimate of drug-likeness (QED) is 0.531. The van der Waals surface area contributed by atoms with E-state index in [0.717, 1.165) is 0 Å². The number of nitrogens with one attached hydrogen (secondary N) is 2. The van der Waals surface area contributed by atoms with Gasteiger partial charge in [0.05, 0.1) is 13.7 Å². The van der Waals surface area contributed by atoms with Crippen LogP contribution >= 0.6 is 0 Å². The van der Waals surface area contributed by atoms with Crippen LogP contribution in [0.15, 0.2) is 24.3 Å². The lowest BCUT2D eigenvalue weighted by atomic mass is 10.2. The summed E-state index contributed by atoms with van der Waals surface area (Å²) in [6.45, 7) is 7.23. The van der Waals surface area contributed by atoms with Gasteiger partial charge in [0, 0.05) is 12.1 Å². The van der Waals surface area contributed by atoms with Gasteiger partial charge in [0.15, 0.2) is 17.6 Å². The van der Waals surface area contributed by atoms with E-state index in [1.807, 2.05) is 6.92 Å². The highest BCUT2D eigenvalue weighted by molar-refractivity contribution is 5.98. The Morgan fingerprint density at radius 2 is 1.85 bits per heavy atom. The molecule has 3 amide bonds. The van der Waals surface area contributed by atoms with E-state index in [9.17, 15) is 14.4 Å². The molecule has 27 heavy (non-hydrogen) atoms. The van der Waals surface area contributed by atoms with Gasteiger partial charge < -0.3 is 19.5 Å². The van der Waals surface area contributed by atoms with Crippen molar-refractivity contribution in [1.29, 1.82) is 0 Å². The van der Waals surface area contributed by atoms with Crippen molar-refractivity contribution in [2.45, 2.75) is 39.8 Å². The Bertz CT molecular complexity index is 699. The summed E-state index contributed by atoms with van der Waals surface area (Å²) in [5.74, 6) is -0.283. The second-order valence-electron chi connectivity index (χ2n) is 5.87. The van der Waals surface area contributed by atoms with Crippen LogP contribution in [0, 0.1) is 0 Å². The molecule has 0 radical (unpaired) electrons. The van der Waals surface area contributed by atoms with Crippen molar-refractivity contribution in [3.8, 4) is 11.5 Å². The maximum absolute atomic E-state index is 11.9. The fourth-order valence-corrected chi connectivity index (χ4v) is 2.01. The first kappa shape index (κ1) is 22.0. The van der Waals surface area contributed by atoms with Crippen LogP contribution in [0.25, 0.3) is 6.08 Å². The van der Waals surface area contributed by atoms with Crippen LogP contribution in [0.4, 0.5) is 4.79 Å². The summed E-state index contributed by atoms with van der Waals surface area (Å²) in [5, 5.41) is 4.61. The molecule has 1 aromatic carbocycles. The average Bonchev–Trinajstić information content (AvgIpc) is 2.59. The maximum Gasteiger partial charge on any atom is 0.331 e. The number of hydrogen-bond acceptors (Lipinski definition) is 6. The van der Waals surface area contributed by atoms with Crippen LogP contribution in [-0.4, -0.2) is 43.8 Å². The number of imide groups is 1. The van der Waals surface area contributed by atoms with Gasteiger partial charge in [-0.3, -0.25) is 10.1 Å². The molecule has 0 unspecified atom stereocenters. The molecule has 8 heteroatoms. The summed E-state index contributed by atoms with van der Waals surface area (Å²) >= 11 is 0. The third-order valence-electron chi connectivity index (χ3n) is 3.22. The molecule has 2 N–H and O–H groups in total. The summed E-state index contributed by atoms with van der Waals surface area (Å²) in [6, 6.07) is 4.43. The van der Waals surface area contributed by atoms with Crippen LogP contribution in [0.5, 0.6) is 11.5 Å². The standard InChI is InChI=1S/C19H26N2O6/c1-6-26-16-11-14(7-9-15(16)25-5)8-10-17(22)27-13(4)18(23)21-19(24)20-12(2)3/h7-13H,6H2,1-5H3,(H2,20,21,23,24)/b10-8+/t13-/m1/s1. The summed E-state index contributed by atoms with van der Waals surface area (Å²) < 4.78 is 15.7. The third kappa shape index (κ3) is 7.81. The number of urea groups is 1. The van der Waals surface area contributed by atoms with Crippen molar-refractivity contribution >= 4 is 24.0 Å². The molecule has 1 rings (SSSR count). The normalized spacial score (nSPS) is 11.8. The molecule has 1 atom stereocenters. The van der Waals surface area contributed by atoms with Crippen molar-refractivity contribution in [2.24, 2.45) is 0 Å². The second-order valence-corrected chi connectivity index (χ2v) is 5.87. The summed E-state index contributed by atoms with van der Waals surface area (Å²) in [5.41, 5.74) is 0.699. The van der Waals surface area contributed by atoms with Crippen LogP contribution < -0.4 is 20.1 Å². The van der Waals surface area contributed by atoms with Gasteiger partial charge in [-0.25, -0.2) is 9.59 Å². The number of amides is 3. The van der Waals surface area contributed by atoms with Gasteiger partial charge >= 0.3 is 12.0 Å². The molecule has 0 spiro atoms. The molecule has 0 aromatic heterocycles. The Morgan fingerprint density at radius 1 is 1.15 bits per heavy atom. The van der Waals surface area contributed by atoms with Gasteiger partial charge in [0.25, 0.3) is 5.91 Å². The number of benzene rings is 1. The number of carbonyl (C=O) groups excluding carboxylic acids is 3. The largest absolute Gasteiger partial charge is 0.493 e. The van der Waals surface area contributed by atoms with E-state index in [2.05, 4.69) is 10.6 Å². The number of ether oxygens (including phenoxy) is 3. The van der Waals surface area contributed by atoms with Gasteiger partial charge in [-0.15, -0.1) is 0 Å². The number of esters is 1. The summed E-state index contributed by atoms with van der Waals surface area (Å²) in [4.78, 5) is 35.2. The van der Waals surface area contributed by atoms with E-state index in [1.165, 1.54) is 19.1 Å². The van der Waals surface area contributed by atoms with Crippen LogP contribution in [0.3, 0.4) is 0 Å². The Kier molecular flexibility index (Phi) is 8.84. The average molecular weight is 378 g/mol. The van der Waals surface area contributed by atoms with Gasteiger partial charge in [-0.2, -0.15) is 0 Å². The van der Waals surface area contributed by atoms with Gasteiger partial charge in [0.2, 0.25) is 0 Å². The minimum absolute atomic E-state index is 0.121. The molecule has 8 nitrogen and oxygen atoms in total. The molecule has 1 aromatic rings. The minimum atomic E-state index is -1.12. The topological polar surface area (TPSA) is 103 Å². The molecule has 0 saturated heterocycles. The third-order valence-corrected chi connectivity index (χ3v) is 3.22. The number of rotatable bonds is 8. The van der Waals surface area contributed by atoms with Gasteiger partial charge in [0.1, 0.15) is 0 Å². The Morgan fingerprint density at radius 3 is 2.44 bits per heavy atom. The highest BCUT2D eigenvalue weighted by atomic mass is 16.5. The molecule has 148 valence electrons. The summed E-state index contributed by atoms with van der Waals surface area (Å²) in [6.07, 6.45) is 1.60. The molecule has 0 bridgehead atoms. The monoisotopic (exact) mass is 378 g/mol. The predicted octanol–water partition coefficient (Wildman–Crippen LogP) is 2.27. The van der Waals surface area contributed by atoms with Crippen LogP contribution in [-0.2, 0) is 14.3 Å². The van der Waals surface area contributed by atoms with Gasteiger partial charge in [-0.05, 0) is 51.5 Å². The number of carbonyl (C=O) groups is 3. The van der Waals surface area contributed by atoms with Crippen molar-refractivity contribution < 1.29 is 28.6 Å². The van der Waals surface area contributed by atoms with E-state index in [1.54, 1.807) is 39.2 Å². The lowest BCUT2D eigenvalue weighted by Gasteiger charge is -2.13. The van der Waals surface area contributed by atoms with Crippen molar-refractivity contribution in [3.05, 3.63) is 29.8 Å². The van der Waals surface area contributed by atoms with Crippen LogP contribution in [0.1, 0.15) is 33.3 Å². The lowest BCUT2D eigenvalue weighted by molar-refractivity contribution is -0.149. The molecule has 0 aliphatic heterocycles. The van der Waals surface area contributed by atoms with E-state index >= 15 is 0 Å². The van der Waals surface area contributed by atoms with Gasteiger partial charge in [-0.1, -0.05) is 6.07 Å². The zero-order chi connectivity index (χ0) is 20.4. The predicted molar refractivity (Wildman–Crippen MR) is 101 cm³/mol. The lowest BCUT2D eigenvalue weighted by Crippen LogP contribution is -2.46. The van der Waals surface area contributed by atoms with E-state index in [0.29, 0.717) is 23.7 Å². The van der Waals surface area contributed by atoms with E-state index in [-0.39, 0.29) is 6.04 Å². The Balaban J connectivity index is 2.64. The van der Waals surface area contributed by atoms with E-state index < -0.39 is 24.0 Å². The molecule has 0 fully saturated rings. The minimum Gasteiger partial charge on any atom is -0.493 e. The van der Waals surface area contributed by atoms with Crippen LogP contribution in [0.2, 0.25) is 0 Å². The number of hydrogen-bond donors (Lipinski definition) is 2. The molecule has 0 aliphatic rings. The zero-order valence-corrected chi connectivity index (χ0v) is 16.2. The maximum atomic E-state index is 11.9. The fourth-order valence-electron chi connectivity index (χ4n) is 2.01. The first-order valence-corrected chi connectivity index (χ1v) is 8.57. The van der Waals surface area contributed by atoms with Crippen molar-refractivity contribution in [3.63, 3.8) is 0 Å². The fraction of sp³-hybridized carbons (Fsp3) is 0.421. The first-order valence-electron chi connectivity index (χ1n) is 8.57.